The molecule has 1 aromatic rings. The van der Waals surface area contributed by atoms with Gasteiger partial charge in [-0.15, -0.1) is 0 Å². The van der Waals surface area contributed by atoms with Crippen molar-refractivity contribution in [3.63, 3.8) is 0 Å². The smallest absolute Gasteiger partial charge is 0.151 e. The highest BCUT2D eigenvalue weighted by Crippen LogP contribution is 2.15. The van der Waals surface area contributed by atoms with Gasteiger partial charge < -0.3 is 14.6 Å². The van der Waals surface area contributed by atoms with E-state index in [0.29, 0.717) is 25.9 Å². The van der Waals surface area contributed by atoms with Gasteiger partial charge in [-0.3, -0.25) is 0 Å². The zero-order valence-electron chi connectivity index (χ0n) is 10.4. The maximum Gasteiger partial charge on any atom is 0.151 e. The van der Waals surface area contributed by atoms with E-state index in [9.17, 15) is 9.90 Å². The lowest BCUT2D eigenvalue weighted by molar-refractivity contribution is -0.124. The fourth-order valence-electron chi connectivity index (χ4n) is 1.76. The highest BCUT2D eigenvalue weighted by molar-refractivity contribution is 5.61. The molecule has 17 heavy (non-hydrogen) atoms. The minimum Gasteiger partial charge on any atom is -0.383 e. The molecule has 1 aromatic carbocycles. The lowest BCUT2D eigenvalue weighted by Gasteiger charge is -2.20. The summed E-state index contributed by atoms with van der Waals surface area (Å²) >= 11 is 0. The highest BCUT2D eigenvalue weighted by Gasteiger charge is 2.22. The van der Waals surface area contributed by atoms with Gasteiger partial charge in [0.15, 0.2) is 6.29 Å². The number of aldehydes is 1. The van der Waals surface area contributed by atoms with Crippen LogP contribution in [0.3, 0.4) is 0 Å². The van der Waals surface area contributed by atoms with Crippen molar-refractivity contribution in [2.24, 2.45) is 5.92 Å². The van der Waals surface area contributed by atoms with Crippen LogP contribution in [0, 0.1) is 5.92 Å². The Balaban J connectivity index is 2.25. The van der Waals surface area contributed by atoms with Crippen LogP contribution >= 0.6 is 0 Å². The number of aliphatic hydroxyl groups is 1. The average molecular weight is 236 g/mol. The van der Waals surface area contributed by atoms with Crippen LogP contribution in [0.15, 0.2) is 30.3 Å². The number of rotatable bonds is 7. The number of carbonyl (C=O) groups excluding carboxylic acids is 1. The van der Waals surface area contributed by atoms with E-state index in [1.54, 1.807) is 0 Å². The predicted octanol–water partition coefficient (Wildman–Crippen LogP) is 2.18. The van der Waals surface area contributed by atoms with Crippen molar-refractivity contribution in [1.29, 1.82) is 0 Å². The molecule has 1 rings (SSSR count). The Morgan fingerprint density at radius 3 is 2.65 bits per heavy atom. The predicted molar refractivity (Wildman–Crippen MR) is 66.6 cm³/mol. The third kappa shape index (κ3) is 5.61. The van der Waals surface area contributed by atoms with Gasteiger partial charge in [0.25, 0.3) is 0 Å². The molecule has 0 saturated heterocycles. The molecule has 0 aliphatic rings. The second-order valence-corrected chi connectivity index (χ2v) is 4.79. The second-order valence-electron chi connectivity index (χ2n) is 4.79. The van der Waals surface area contributed by atoms with E-state index in [0.717, 1.165) is 5.56 Å². The van der Waals surface area contributed by atoms with Gasteiger partial charge in [-0.05, 0) is 24.8 Å². The Morgan fingerprint density at radius 2 is 2.06 bits per heavy atom. The number of benzene rings is 1. The van der Waals surface area contributed by atoms with Crippen molar-refractivity contribution in [3.05, 3.63) is 35.9 Å². The van der Waals surface area contributed by atoms with Crippen molar-refractivity contribution in [2.45, 2.75) is 32.5 Å². The molecule has 0 aliphatic carbocycles. The van der Waals surface area contributed by atoms with Crippen molar-refractivity contribution in [1.82, 2.24) is 0 Å². The molecule has 0 radical (unpaired) electrons. The molecular weight excluding hydrogens is 216 g/mol. The van der Waals surface area contributed by atoms with E-state index in [1.807, 2.05) is 37.3 Å². The molecule has 0 heterocycles. The van der Waals surface area contributed by atoms with Gasteiger partial charge in [0.2, 0.25) is 0 Å². The summed E-state index contributed by atoms with van der Waals surface area (Å²) < 4.78 is 5.54. The van der Waals surface area contributed by atoms with Crippen LogP contribution in [-0.2, 0) is 16.1 Å². The van der Waals surface area contributed by atoms with Gasteiger partial charge in [-0.25, -0.2) is 0 Å². The Labute approximate surface area is 102 Å². The second kappa shape index (κ2) is 6.52. The molecule has 0 spiro atoms. The molecule has 3 heteroatoms. The third-order valence-electron chi connectivity index (χ3n) is 2.53. The number of hydrogen-bond donors (Lipinski definition) is 1. The molecule has 1 N–H and O–H groups in total. The first kappa shape index (κ1) is 13.9. The van der Waals surface area contributed by atoms with Crippen molar-refractivity contribution < 1.29 is 14.6 Å². The molecule has 94 valence electrons. The molecule has 0 saturated carbocycles. The zero-order valence-corrected chi connectivity index (χ0v) is 10.4. The minimum atomic E-state index is -1.24. The average Bonchev–Trinajstić information content (AvgIpc) is 2.30. The van der Waals surface area contributed by atoms with Gasteiger partial charge in [0.05, 0.1) is 6.61 Å². The van der Waals surface area contributed by atoms with Gasteiger partial charge in [0, 0.05) is 6.61 Å². The summed E-state index contributed by atoms with van der Waals surface area (Å²) in [5.41, 5.74) is -0.114. The number of carbonyl (C=O) groups is 1. The van der Waals surface area contributed by atoms with Gasteiger partial charge in [-0.1, -0.05) is 37.3 Å². The first-order valence-electron chi connectivity index (χ1n) is 5.84. The highest BCUT2D eigenvalue weighted by atomic mass is 16.5. The van der Waals surface area contributed by atoms with Crippen molar-refractivity contribution in [3.8, 4) is 0 Å². The largest absolute Gasteiger partial charge is 0.383 e. The molecule has 2 atom stereocenters. The Morgan fingerprint density at radius 1 is 1.41 bits per heavy atom. The Hall–Kier alpha value is -1.19. The summed E-state index contributed by atoms with van der Waals surface area (Å²) in [7, 11) is 0. The summed E-state index contributed by atoms with van der Waals surface area (Å²) in [6, 6.07) is 9.92. The molecule has 1 unspecified atom stereocenters. The number of hydrogen-bond acceptors (Lipinski definition) is 3. The summed E-state index contributed by atoms with van der Waals surface area (Å²) in [5.74, 6) is 0.152. The molecule has 0 aliphatic heterocycles. The van der Waals surface area contributed by atoms with E-state index >= 15 is 0 Å². The monoisotopic (exact) mass is 236 g/mol. The van der Waals surface area contributed by atoms with Crippen LogP contribution in [0.2, 0.25) is 0 Å². The van der Waals surface area contributed by atoms with Crippen LogP contribution in [-0.4, -0.2) is 23.6 Å². The minimum absolute atomic E-state index is 0.152. The van der Waals surface area contributed by atoms with Crippen LogP contribution in [0.5, 0.6) is 0 Å². The SMILES string of the molecule is C[C@@H](COCc1ccccc1)CC(C)(O)C=O. The topological polar surface area (TPSA) is 46.5 Å². The van der Waals surface area contributed by atoms with Crippen LogP contribution in [0.4, 0.5) is 0 Å². The Bertz CT molecular complexity index is 333. The quantitative estimate of drug-likeness (QED) is 0.738. The summed E-state index contributed by atoms with van der Waals surface area (Å²) in [4.78, 5) is 10.6. The van der Waals surface area contributed by atoms with Crippen LogP contribution < -0.4 is 0 Å². The number of ether oxygens (including phenoxy) is 1. The van der Waals surface area contributed by atoms with E-state index < -0.39 is 5.60 Å². The van der Waals surface area contributed by atoms with Crippen LogP contribution in [0.25, 0.3) is 0 Å². The van der Waals surface area contributed by atoms with Crippen molar-refractivity contribution >= 4 is 6.29 Å². The first-order valence-corrected chi connectivity index (χ1v) is 5.84. The maximum atomic E-state index is 10.6. The van der Waals surface area contributed by atoms with Gasteiger partial charge in [0.1, 0.15) is 5.60 Å². The molecule has 0 bridgehead atoms. The summed E-state index contributed by atoms with van der Waals surface area (Å²) in [5, 5.41) is 9.59. The van der Waals surface area contributed by atoms with E-state index in [-0.39, 0.29) is 5.92 Å². The van der Waals surface area contributed by atoms with E-state index in [4.69, 9.17) is 4.74 Å². The normalized spacial score (nSPS) is 16.2. The molecule has 3 nitrogen and oxygen atoms in total. The van der Waals surface area contributed by atoms with Crippen LogP contribution in [0.1, 0.15) is 25.8 Å². The molecular formula is C14H20O3. The lowest BCUT2D eigenvalue weighted by Crippen LogP contribution is -2.29. The van der Waals surface area contributed by atoms with Crippen molar-refractivity contribution in [2.75, 3.05) is 6.61 Å². The van der Waals surface area contributed by atoms with E-state index in [2.05, 4.69) is 0 Å². The fraction of sp³-hybridized carbons (Fsp3) is 0.500. The third-order valence-corrected chi connectivity index (χ3v) is 2.53. The first-order chi connectivity index (χ1) is 8.03. The zero-order chi connectivity index (χ0) is 12.7. The Kier molecular flexibility index (Phi) is 5.32. The standard InChI is InChI=1S/C14H20O3/c1-12(8-14(2,16)11-15)9-17-10-13-6-4-3-5-7-13/h3-7,11-12,16H,8-10H2,1-2H3/t12-,14?/m1/s1. The van der Waals surface area contributed by atoms with E-state index in [1.165, 1.54) is 6.92 Å². The van der Waals surface area contributed by atoms with Gasteiger partial charge >= 0.3 is 0 Å². The molecule has 0 fully saturated rings. The molecule has 0 aromatic heterocycles. The van der Waals surface area contributed by atoms with Gasteiger partial charge in [-0.2, -0.15) is 0 Å². The fourth-order valence-corrected chi connectivity index (χ4v) is 1.76. The summed E-state index contributed by atoms with van der Waals surface area (Å²) in [6.07, 6.45) is 1.01. The summed E-state index contributed by atoms with van der Waals surface area (Å²) in [6.45, 7) is 4.59. The lowest BCUT2D eigenvalue weighted by atomic mass is 9.95. The maximum absolute atomic E-state index is 10.6. The molecule has 0 amide bonds.